The van der Waals surface area contributed by atoms with Crippen LogP contribution in [0, 0.1) is 0 Å². The molecule has 0 saturated carbocycles. The first kappa shape index (κ1) is 11.3. The summed E-state index contributed by atoms with van der Waals surface area (Å²) in [5.41, 5.74) is 7.90. The molecule has 0 saturated heterocycles. The second-order valence-corrected chi connectivity index (χ2v) is 4.15. The van der Waals surface area contributed by atoms with E-state index in [-0.39, 0.29) is 0 Å². The molecule has 1 rings (SSSR count). The van der Waals surface area contributed by atoms with Gasteiger partial charge in [-0.05, 0) is 30.2 Å². The molecule has 0 bridgehead atoms. The van der Waals surface area contributed by atoms with E-state index in [4.69, 9.17) is 17.3 Å². The Morgan fingerprint density at radius 3 is 2.57 bits per heavy atom. The number of anilines is 1. The van der Waals surface area contributed by atoms with Gasteiger partial charge < -0.3 is 10.6 Å². The molecule has 0 aliphatic carbocycles. The lowest BCUT2D eigenvalue weighted by atomic mass is 10.0. The molecule has 14 heavy (non-hydrogen) atoms. The van der Waals surface area contributed by atoms with Crippen molar-refractivity contribution in [1.82, 2.24) is 0 Å². The maximum absolute atomic E-state index is 6.07. The Kier molecular flexibility index (Phi) is 3.78. The zero-order valence-electron chi connectivity index (χ0n) is 8.92. The highest BCUT2D eigenvalue weighted by Gasteiger charge is 2.07. The Morgan fingerprint density at radius 1 is 1.43 bits per heavy atom. The molecule has 2 nitrogen and oxygen atoms in total. The quantitative estimate of drug-likeness (QED) is 0.834. The third-order valence-electron chi connectivity index (χ3n) is 2.37. The predicted octanol–water partition coefficient (Wildman–Crippen LogP) is 2.47. The van der Waals surface area contributed by atoms with E-state index >= 15 is 0 Å². The van der Waals surface area contributed by atoms with Crippen molar-refractivity contribution in [2.75, 3.05) is 25.5 Å². The molecule has 1 aromatic carbocycles. The smallest absolute Gasteiger partial charge is 0.0639 e. The fourth-order valence-corrected chi connectivity index (χ4v) is 1.60. The van der Waals surface area contributed by atoms with Gasteiger partial charge >= 0.3 is 0 Å². The van der Waals surface area contributed by atoms with E-state index in [1.165, 1.54) is 5.56 Å². The van der Waals surface area contributed by atoms with Crippen molar-refractivity contribution in [3.63, 3.8) is 0 Å². The molecule has 0 aliphatic heterocycles. The first-order chi connectivity index (χ1) is 6.56. The van der Waals surface area contributed by atoms with E-state index in [2.05, 4.69) is 13.0 Å². The molecular weight excluding hydrogens is 196 g/mol. The maximum Gasteiger partial charge on any atom is 0.0639 e. The number of hydrogen-bond acceptors (Lipinski definition) is 2. The SMILES string of the molecule is CC(CN)c1ccc(Cl)c(N(C)C)c1. The largest absolute Gasteiger partial charge is 0.376 e. The average molecular weight is 213 g/mol. The number of rotatable bonds is 3. The first-order valence-corrected chi connectivity index (χ1v) is 5.11. The third kappa shape index (κ3) is 2.40. The van der Waals surface area contributed by atoms with Gasteiger partial charge in [0.15, 0.2) is 0 Å². The van der Waals surface area contributed by atoms with E-state index in [0.29, 0.717) is 12.5 Å². The van der Waals surface area contributed by atoms with Gasteiger partial charge in [0.1, 0.15) is 0 Å². The normalized spacial score (nSPS) is 12.6. The summed E-state index contributed by atoms with van der Waals surface area (Å²) in [6, 6.07) is 6.06. The highest BCUT2D eigenvalue weighted by Crippen LogP contribution is 2.28. The maximum atomic E-state index is 6.07. The summed E-state index contributed by atoms with van der Waals surface area (Å²) in [7, 11) is 3.97. The van der Waals surface area contributed by atoms with Crippen molar-refractivity contribution in [3.8, 4) is 0 Å². The van der Waals surface area contributed by atoms with Crippen LogP contribution in [0.25, 0.3) is 0 Å². The van der Waals surface area contributed by atoms with Crippen LogP contribution in [0.15, 0.2) is 18.2 Å². The van der Waals surface area contributed by atoms with Gasteiger partial charge in [0.2, 0.25) is 0 Å². The number of benzene rings is 1. The molecule has 0 radical (unpaired) electrons. The van der Waals surface area contributed by atoms with Crippen LogP contribution in [0.3, 0.4) is 0 Å². The molecule has 0 amide bonds. The van der Waals surface area contributed by atoms with E-state index < -0.39 is 0 Å². The molecule has 0 spiro atoms. The van der Waals surface area contributed by atoms with Gasteiger partial charge in [0, 0.05) is 14.1 Å². The summed E-state index contributed by atoms with van der Waals surface area (Å²) >= 11 is 6.07. The number of nitrogens with two attached hydrogens (primary N) is 1. The highest BCUT2D eigenvalue weighted by molar-refractivity contribution is 6.33. The summed E-state index contributed by atoms with van der Waals surface area (Å²) in [5, 5.41) is 0.781. The molecule has 2 N–H and O–H groups in total. The van der Waals surface area contributed by atoms with Crippen LogP contribution in [0.4, 0.5) is 5.69 Å². The Hall–Kier alpha value is -0.730. The molecular formula is C11H17ClN2. The zero-order chi connectivity index (χ0) is 10.7. The summed E-state index contributed by atoms with van der Waals surface area (Å²) in [4.78, 5) is 2.01. The fraction of sp³-hybridized carbons (Fsp3) is 0.455. The predicted molar refractivity (Wildman–Crippen MR) is 63.2 cm³/mol. The summed E-state index contributed by atoms with van der Waals surface area (Å²) < 4.78 is 0. The Bertz CT molecular complexity index is 310. The van der Waals surface area contributed by atoms with Crippen molar-refractivity contribution >= 4 is 17.3 Å². The van der Waals surface area contributed by atoms with Gasteiger partial charge in [-0.25, -0.2) is 0 Å². The Labute approximate surface area is 90.7 Å². The fourth-order valence-electron chi connectivity index (χ4n) is 1.32. The second-order valence-electron chi connectivity index (χ2n) is 3.74. The number of nitrogens with zero attached hydrogens (tertiary/aromatic N) is 1. The summed E-state index contributed by atoms with van der Waals surface area (Å²) in [5.74, 6) is 0.381. The molecule has 3 heteroatoms. The number of halogens is 1. The minimum Gasteiger partial charge on any atom is -0.376 e. The van der Waals surface area contributed by atoms with Gasteiger partial charge in [-0.2, -0.15) is 0 Å². The lowest BCUT2D eigenvalue weighted by Crippen LogP contribution is -2.12. The van der Waals surface area contributed by atoms with Crippen molar-refractivity contribution in [2.24, 2.45) is 5.73 Å². The van der Waals surface area contributed by atoms with Crippen LogP contribution in [-0.2, 0) is 0 Å². The summed E-state index contributed by atoms with van der Waals surface area (Å²) in [6.07, 6.45) is 0. The summed E-state index contributed by atoms with van der Waals surface area (Å²) in [6.45, 7) is 2.77. The molecule has 0 fully saturated rings. The van der Waals surface area contributed by atoms with Gasteiger partial charge in [-0.15, -0.1) is 0 Å². The van der Waals surface area contributed by atoms with Crippen molar-refractivity contribution in [3.05, 3.63) is 28.8 Å². The van der Waals surface area contributed by atoms with Gasteiger partial charge in [0.05, 0.1) is 10.7 Å². The lowest BCUT2D eigenvalue weighted by Gasteiger charge is -2.17. The molecule has 0 aliphatic rings. The van der Waals surface area contributed by atoms with Crippen LogP contribution in [-0.4, -0.2) is 20.6 Å². The number of hydrogen-bond donors (Lipinski definition) is 1. The van der Waals surface area contributed by atoms with E-state index in [0.717, 1.165) is 10.7 Å². The van der Waals surface area contributed by atoms with Crippen LogP contribution < -0.4 is 10.6 Å². The Morgan fingerprint density at radius 2 is 2.07 bits per heavy atom. The van der Waals surface area contributed by atoms with Crippen molar-refractivity contribution < 1.29 is 0 Å². The van der Waals surface area contributed by atoms with Crippen LogP contribution >= 0.6 is 11.6 Å². The minimum atomic E-state index is 0.381. The van der Waals surface area contributed by atoms with E-state index in [9.17, 15) is 0 Å². The minimum absolute atomic E-state index is 0.381. The van der Waals surface area contributed by atoms with E-state index in [1.54, 1.807) is 0 Å². The monoisotopic (exact) mass is 212 g/mol. The van der Waals surface area contributed by atoms with Gasteiger partial charge in [0.25, 0.3) is 0 Å². The first-order valence-electron chi connectivity index (χ1n) is 4.73. The van der Waals surface area contributed by atoms with Crippen LogP contribution in [0.5, 0.6) is 0 Å². The lowest BCUT2D eigenvalue weighted by molar-refractivity contribution is 0.774. The molecule has 1 atom stereocenters. The zero-order valence-corrected chi connectivity index (χ0v) is 9.67. The molecule has 78 valence electrons. The van der Waals surface area contributed by atoms with E-state index in [1.807, 2.05) is 31.1 Å². The highest BCUT2D eigenvalue weighted by atomic mass is 35.5. The third-order valence-corrected chi connectivity index (χ3v) is 2.69. The van der Waals surface area contributed by atoms with Crippen LogP contribution in [0.2, 0.25) is 5.02 Å². The standard InChI is InChI=1S/C11H17ClN2/c1-8(7-13)9-4-5-10(12)11(6-9)14(2)3/h4-6,8H,7,13H2,1-3H3. The van der Waals surface area contributed by atoms with Crippen LogP contribution in [0.1, 0.15) is 18.4 Å². The molecule has 0 heterocycles. The van der Waals surface area contributed by atoms with Crippen molar-refractivity contribution in [1.29, 1.82) is 0 Å². The van der Waals surface area contributed by atoms with Crippen molar-refractivity contribution in [2.45, 2.75) is 12.8 Å². The molecule has 0 aromatic heterocycles. The van der Waals surface area contributed by atoms with Gasteiger partial charge in [-0.1, -0.05) is 24.6 Å². The Balaban J connectivity index is 3.06. The molecule has 1 unspecified atom stereocenters. The van der Waals surface area contributed by atoms with Gasteiger partial charge in [-0.3, -0.25) is 0 Å². The average Bonchev–Trinajstić information content (AvgIpc) is 2.17. The molecule has 1 aromatic rings. The topological polar surface area (TPSA) is 29.3 Å². The second kappa shape index (κ2) is 4.67.